The number of hydrogen-bond acceptors (Lipinski definition) is 4. The van der Waals surface area contributed by atoms with E-state index in [0.717, 1.165) is 49.0 Å². The van der Waals surface area contributed by atoms with Crippen LogP contribution in [0.5, 0.6) is 0 Å². The first-order chi connectivity index (χ1) is 11.0. The predicted molar refractivity (Wildman–Crippen MR) is 101 cm³/mol. The summed E-state index contributed by atoms with van der Waals surface area (Å²) >= 11 is 0. The van der Waals surface area contributed by atoms with Crippen molar-refractivity contribution in [3.63, 3.8) is 0 Å². The molecule has 0 radical (unpaired) electrons. The summed E-state index contributed by atoms with van der Waals surface area (Å²) in [5.41, 5.74) is 4.23. The molecule has 0 aliphatic carbocycles. The molecule has 0 aromatic carbocycles. The van der Waals surface area contributed by atoms with E-state index in [0.29, 0.717) is 0 Å². The second-order valence-corrected chi connectivity index (χ2v) is 6.26. The van der Waals surface area contributed by atoms with Gasteiger partial charge in [-0.25, -0.2) is 0 Å². The summed E-state index contributed by atoms with van der Waals surface area (Å²) in [6.07, 6.45) is 9.87. The number of aliphatic carboxylic acids is 2. The van der Waals surface area contributed by atoms with Crippen molar-refractivity contribution in [1.82, 2.24) is 0 Å². The SMILES string of the molecule is CC(C)=CCC/C(C)=C/C(=O)[O-].CC(C)=CCC/C(C)=C/C(=O)[O-].[Ca+2]. The molecular formula is C20H30CaO4. The van der Waals surface area contributed by atoms with Gasteiger partial charge < -0.3 is 19.8 Å². The molecule has 0 N–H and O–H groups in total. The zero-order valence-corrected chi connectivity index (χ0v) is 18.7. The number of carbonyl (C=O) groups excluding carboxylic acids is 2. The summed E-state index contributed by atoms with van der Waals surface area (Å²) in [6.45, 7) is 11.7. The molecule has 0 fully saturated rings. The number of allylic oxidation sites excluding steroid dienone is 6. The molecule has 0 unspecified atom stereocenters. The van der Waals surface area contributed by atoms with Crippen molar-refractivity contribution < 1.29 is 19.8 Å². The van der Waals surface area contributed by atoms with Crippen molar-refractivity contribution in [3.05, 3.63) is 46.6 Å². The van der Waals surface area contributed by atoms with E-state index < -0.39 is 11.9 Å². The smallest absolute Gasteiger partial charge is 0.545 e. The van der Waals surface area contributed by atoms with Crippen molar-refractivity contribution in [2.24, 2.45) is 0 Å². The second kappa shape index (κ2) is 18.0. The first kappa shape index (κ1) is 28.9. The minimum Gasteiger partial charge on any atom is -0.545 e. The summed E-state index contributed by atoms with van der Waals surface area (Å²) in [5, 5.41) is 20.2. The molecule has 0 saturated heterocycles. The molecule has 0 aromatic rings. The van der Waals surface area contributed by atoms with Gasteiger partial charge in [0.05, 0.1) is 11.9 Å². The van der Waals surface area contributed by atoms with Crippen molar-refractivity contribution in [1.29, 1.82) is 0 Å². The Balaban J connectivity index is -0.000000372. The van der Waals surface area contributed by atoms with Gasteiger partial charge in [-0.3, -0.25) is 0 Å². The van der Waals surface area contributed by atoms with E-state index in [4.69, 9.17) is 0 Å². The minimum atomic E-state index is -1.11. The van der Waals surface area contributed by atoms with Crippen LogP contribution in [0.2, 0.25) is 0 Å². The molecule has 0 heterocycles. The zero-order chi connectivity index (χ0) is 19.1. The Kier molecular flexibility index (Phi) is 20.8. The van der Waals surface area contributed by atoms with Gasteiger partial charge in [-0.05, 0) is 79.4 Å². The third-order valence-corrected chi connectivity index (χ3v) is 2.91. The molecule has 0 rings (SSSR count). The fraction of sp³-hybridized carbons (Fsp3) is 0.500. The second-order valence-electron chi connectivity index (χ2n) is 6.26. The number of carboxylic acids is 2. The van der Waals surface area contributed by atoms with Crippen molar-refractivity contribution in [2.45, 2.75) is 67.2 Å². The quantitative estimate of drug-likeness (QED) is 0.371. The van der Waals surface area contributed by atoms with Crippen LogP contribution < -0.4 is 10.2 Å². The largest absolute Gasteiger partial charge is 2.00 e. The van der Waals surface area contributed by atoms with Gasteiger partial charge in [0, 0.05) is 0 Å². The van der Waals surface area contributed by atoms with E-state index in [-0.39, 0.29) is 37.7 Å². The van der Waals surface area contributed by atoms with Gasteiger partial charge in [0.2, 0.25) is 0 Å². The summed E-state index contributed by atoms with van der Waals surface area (Å²) in [7, 11) is 0. The van der Waals surface area contributed by atoms with Gasteiger partial charge in [0.25, 0.3) is 0 Å². The Morgan fingerprint density at radius 3 is 1.16 bits per heavy atom. The van der Waals surface area contributed by atoms with Gasteiger partial charge in [0.15, 0.2) is 0 Å². The number of hydrogen-bond donors (Lipinski definition) is 0. The molecule has 0 aliphatic heterocycles. The first-order valence-corrected chi connectivity index (χ1v) is 8.07. The summed E-state index contributed by atoms with van der Waals surface area (Å²) in [4.78, 5) is 20.2. The standard InChI is InChI=1S/2C10H16O2.Ca/c2*1-8(2)5-4-6-9(3)7-10(11)12;/h2*5,7H,4,6H2,1-3H3,(H,11,12);/q;;+2/p-2/b2*9-7+;. The number of carboxylic acid groups (broad SMARTS) is 2. The number of rotatable bonds is 8. The van der Waals surface area contributed by atoms with E-state index in [2.05, 4.69) is 12.2 Å². The fourth-order valence-corrected chi connectivity index (χ4v) is 1.72. The maximum Gasteiger partial charge on any atom is 2.00 e. The van der Waals surface area contributed by atoms with Crippen LogP contribution in [0.3, 0.4) is 0 Å². The average molecular weight is 375 g/mol. The number of carbonyl (C=O) groups is 2. The molecule has 25 heavy (non-hydrogen) atoms. The molecule has 0 bridgehead atoms. The minimum absolute atomic E-state index is 0. The van der Waals surface area contributed by atoms with Crippen LogP contribution in [0.15, 0.2) is 46.6 Å². The Morgan fingerprint density at radius 1 is 0.680 bits per heavy atom. The van der Waals surface area contributed by atoms with Crippen LogP contribution in [0.1, 0.15) is 67.2 Å². The Bertz CT molecular complexity index is 470. The molecule has 0 aliphatic rings. The summed E-state index contributed by atoms with van der Waals surface area (Å²) in [5.74, 6) is -2.21. The van der Waals surface area contributed by atoms with E-state index in [1.54, 1.807) is 13.8 Å². The van der Waals surface area contributed by atoms with Crippen molar-refractivity contribution in [3.8, 4) is 0 Å². The predicted octanol–water partition coefficient (Wildman–Crippen LogP) is 2.48. The van der Waals surface area contributed by atoms with Gasteiger partial charge in [-0.15, -0.1) is 0 Å². The maximum absolute atomic E-state index is 10.1. The molecule has 5 heteroatoms. The van der Waals surface area contributed by atoms with Crippen LogP contribution in [-0.2, 0) is 9.59 Å². The third-order valence-electron chi connectivity index (χ3n) is 2.91. The van der Waals surface area contributed by atoms with Gasteiger partial charge in [0.1, 0.15) is 0 Å². The van der Waals surface area contributed by atoms with Crippen LogP contribution in [0.4, 0.5) is 0 Å². The zero-order valence-electron chi connectivity index (χ0n) is 16.5. The fourth-order valence-electron chi connectivity index (χ4n) is 1.72. The van der Waals surface area contributed by atoms with Crippen LogP contribution in [0.25, 0.3) is 0 Å². The molecule has 0 spiro atoms. The Hall–Kier alpha value is -0.840. The monoisotopic (exact) mass is 374 g/mol. The van der Waals surface area contributed by atoms with E-state index >= 15 is 0 Å². The molecule has 4 nitrogen and oxygen atoms in total. The van der Waals surface area contributed by atoms with E-state index in [1.807, 2.05) is 27.7 Å². The van der Waals surface area contributed by atoms with Gasteiger partial charge in [-0.2, -0.15) is 0 Å². The molecule has 0 atom stereocenters. The Labute approximate surface area is 182 Å². The van der Waals surface area contributed by atoms with Gasteiger partial charge in [-0.1, -0.05) is 34.4 Å². The average Bonchev–Trinajstić information content (AvgIpc) is 2.36. The molecule has 0 aromatic heterocycles. The summed E-state index contributed by atoms with van der Waals surface area (Å²) < 4.78 is 0. The van der Waals surface area contributed by atoms with Crippen LogP contribution in [0, 0.1) is 0 Å². The third kappa shape index (κ3) is 28.2. The first-order valence-electron chi connectivity index (χ1n) is 8.07. The molecular weight excluding hydrogens is 344 g/mol. The van der Waals surface area contributed by atoms with Crippen LogP contribution in [-0.4, -0.2) is 49.7 Å². The van der Waals surface area contributed by atoms with Crippen LogP contribution >= 0.6 is 0 Å². The normalized spacial score (nSPS) is 10.6. The van der Waals surface area contributed by atoms with Crippen molar-refractivity contribution in [2.75, 3.05) is 0 Å². The Morgan fingerprint density at radius 2 is 0.960 bits per heavy atom. The maximum atomic E-state index is 10.1. The topological polar surface area (TPSA) is 80.3 Å². The van der Waals surface area contributed by atoms with E-state index in [9.17, 15) is 19.8 Å². The van der Waals surface area contributed by atoms with Crippen molar-refractivity contribution >= 4 is 49.7 Å². The summed E-state index contributed by atoms with van der Waals surface area (Å²) in [6, 6.07) is 0. The molecule has 0 amide bonds. The van der Waals surface area contributed by atoms with E-state index in [1.165, 1.54) is 11.1 Å². The molecule has 136 valence electrons. The molecule has 0 saturated carbocycles. The van der Waals surface area contributed by atoms with Gasteiger partial charge >= 0.3 is 37.7 Å².